The van der Waals surface area contributed by atoms with E-state index in [9.17, 15) is 9.59 Å². The normalized spacial score (nSPS) is 10.7. The molecule has 0 fully saturated rings. The molecule has 0 atom stereocenters. The van der Waals surface area contributed by atoms with E-state index in [4.69, 9.17) is 9.84 Å². The molecule has 2 N–H and O–H groups in total. The number of rotatable bonds is 8. The number of aromatic nitrogens is 2. The summed E-state index contributed by atoms with van der Waals surface area (Å²) in [5.41, 5.74) is 1.74. The van der Waals surface area contributed by atoms with Gasteiger partial charge in [0.15, 0.2) is 11.4 Å². The number of aliphatic carboxylic acids is 1. The molecule has 2 aromatic heterocycles. The summed E-state index contributed by atoms with van der Waals surface area (Å²) in [6.45, 7) is 2.29. The summed E-state index contributed by atoms with van der Waals surface area (Å²) >= 11 is 0. The highest BCUT2D eigenvalue weighted by molar-refractivity contribution is 5.94. The van der Waals surface area contributed by atoms with Crippen molar-refractivity contribution >= 4 is 17.5 Å². The van der Waals surface area contributed by atoms with Crippen LogP contribution in [0.15, 0.2) is 18.3 Å². The fourth-order valence-corrected chi connectivity index (χ4v) is 2.45. The first kappa shape index (κ1) is 16.8. The molecule has 0 spiro atoms. The summed E-state index contributed by atoms with van der Waals surface area (Å²) in [4.78, 5) is 27.2. The van der Waals surface area contributed by atoms with Crippen LogP contribution in [0.25, 0.3) is 5.65 Å². The van der Waals surface area contributed by atoms with Crippen molar-refractivity contribution in [3.05, 3.63) is 29.7 Å². The average Bonchev–Trinajstić information content (AvgIpc) is 2.86. The molecule has 0 bridgehead atoms. The third-order valence-electron chi connectivity index (χ3n) is 3.58. The molecular weight excluding hydrogens is 298 g/mol. The van der Waals surface area contributed by atoms with Gasteiger partial charge < -0.3 is 15.2 Å². The Morgan fingerprint density at radius 2 is 2.13 bits per heavy atom. The number of carbonyl (C=O) groups is 2. The van der Waals surface area contributed by atoms with Crippen molar-refractivity contribution in [2.24, 2.45) is 0 Å². The van der Waals surface area contributed by atoms with Crippen LogP contribution in [0.3, 0.4) is 0 Å². The molecule has 124 valence electrons. The number of carboxylic acids is 1. The van der Waals surface area contributed by atoms with Gasteiger partial charge in [0.2, 0.25) is 0 Å². The van der Waals surface area contributed by atoms with Crippen LogP contribution in [-0.4, -0.2) is 40.0 Å². The topological polar surface area (TPSA) is 92.9 Å². The molecule has 0 saturated heterocycles. The number of carboxylic acid groups (broad SMARTS) is 1. The van der Waals surface area contributed by atoms with Gasteiger partial charge in [0, 0.05) is 19.2 Å². The van der Waals surface area contributed by atoms with Crippen molar-refractivity contribution in [3.8, 4) is 5.75 Å². The molecule has 0 saturated carbocycles. The standard InChI is InChI=1S/C16H21N3O4/c1-11-14(16(22)17-9-5-3-4-8-13(20)21)19-10-6-7-12(23-2)15(19)18-11/h6-7,10H,3-5,8-9H2,1-2H3,(H,17,22)(H,20,21). The minimum atomic E-state index is -0.788. The molecule has 0 unspecified atom stereocenters. The summed E-state index contributed by atoms with van der Waals surface area (Å²) in [5, 5.41) is 11.4. The van der Waals surface area contributed by atoms with E-state index in [-0.39, 0.29) is 12.3 Å². The predicted molar refractivity (Wildman–Crippen MR) is 84.9 cm³/mol. The van der Waals surface area contributed by atoms with Crippen LogP contribution in [0.5, 0.6) is 5.75 Å². The molecule has 7 nitrogen and oxygen atoms in total. The molecule has 0 aromatic carbocycles. The van der Waals surface area contributed by atoms with Crippen LogP contribution >= 0.6 is 0 Å². The van der Waals surface area contributed by atoms with E-state index in [0.717, 1.165) is 12.8 Å². The molecule has 0 aliphatic heterocycles. The van der Waals surface area contributed by atoms with Crippen LogP contribution in [0.4, 0.5) is 0 Å². The van der Waals surface area contributed by atoms with Crippen molar-refractivity contribution in [2.75, 3.05) is 13.7 Å². The maximum absolute atomic E-state index is 12.4. The Bertz CT molecular complexity index is 709. The van der Waals surface area contributed by atoms with E-state index in [1.807, 2.05) is 0 Å². The molecule has 2 heterocycles. The van der Waals surface area contributed by atoms with Crippen molar-refractivity contribution in [1.82, 2.24) is 14.7 Å². The Morgan fingerprint density at radius 1 is 1.35 bits per heavy atom. The van der Waals surface area contributed by atoms with Gasteiger partial charge in [-0.05, 0) is 31.9 Å². The van der Waals surface area contributed by atoms with Gasteiger partial charge >= 0.3 is 5.97 Å². The van der Waals surface area contributed by atoms with Gasteiger partial charge in [-0.15, -0.1) is 0 Å². The number of carbonyl (C=O) groups excluding carboxylic acids is 1. The smallest absolute Gasteiger partial charge is 0.303 e. The van der Waals surface area contributed by atoms with Gasteiger partial charge in [-0.25, -0.2) is 4.98 Å². The molecule has 1 amide bonds. The summed E-state index contributed by atoms with van der Waals surface area (Å²) in [7, 11) is 1.57. The second-order valence-corrected chi connectivity index (χ2v) is 5.28. The summed E-state index contributed by atoms with van der Waals surface area (Å²) < 4.78 is 6.97. The van der Waals surface area contributed by atoms with Gasteiger partial charge in [-0.2, -0.15) is 0 Å². The summed E-state index contributed by atoms with van der Waals surface area (Å²) in [5.74, 6) is -0.367. The largest absolute Gasteiger partial charge is 0.493 e. The molecular formula is C16H21N3O4. The number of ether oxygens (including phenoxy) is 1. The lowest BCUT2D eigenvalue weighted by Crippen LogP contribution is -2.26. The zero-order chi connectivity index (χ0) is 16.8. The monoisotopic (exact) mass is 319 g/mol. The van der Waals surface area contributed by atoms with Gasteiger partial charge in [-0.1, -0.05) is 6.42 Å². The number of pyridine rings is 1. The average molecular weight is 319 g/mol. The van der Waals surface area contributed by atoms with Crippen LogP contribution < -0.4 is 10.1 Å². The van der Waals surface area contributed by atoms with E-state index in [0.29, 0.717) is 35.8 Å². The minimum absolute atomic E-state index is 0.167. The third-order valence-corrected chi connectivity index (χ3v) is 3.58. The van der Waals surface area contributed by atoms with Crippen LogP contribution in [0.1, 0.15) is 41.9 Å². The van der Waals surface area contributed by atoms with Crippen molar-refractivity contribution in [2.45, 2.75) is 32.6 Å². The first-order chi connectivity index (χ1) is 11.0. The van der Waals surface area contributed by atoms with Crippen LogP contribution in [-0.2, 0) is 4.79 Å². The van der Waals surface area contributed by atoms with Gasteiger partial charge in [0.05, 0.1) is 12.8 Å². The first-order valence-electron chi connectivity index (χ1n) is 7.56. The second-order valence-electron chi connectivity index (χ2n) is 5.28. The number of nitrogens with one attached hydrogen (secondary N) is 1. The van der Waals surface area contributed by atoms with Gasteiger partial charge in [0.1, 0.15) is 5.69 Å². The Kier molecular flexibility index (Phi) is 5.56. The number of aryl methyl sites for hydroxylation is 1. The minimum Gasteiger partial charge on any atom is -0.493 e. The Balaban J connectivity index is 1.99. The highest BCUT2D eigenvalue weighted by Crippen LogP contribution is 2.21. The number of hydrogen-bond donors (Lipinski definition) is 2. The van der Waals surface area contributed by atoms with Crippen molar-refractivity contribution in [1.29, 1.82) is 0 Å². The number of methoxy groups -OCH3 is 1. The number of nitrogens with zero attached hydrogens (tertiary/aromatic N) is 2. The zero-order valence-corrected chi connectivity index (χ0v) is 13.3. The van der Waals surface area contributed by atoms with E-state index in [2.05, 4.69) is 10.3 Å². The van der Waals surface area contributed by atoms with Crippen molar-refractivity contribution in [3.63, 3.8) is 0 Å². The maximum Gasteiger partial charge on any atom is 0.303 e. The fourth-order valence-electron chi connectivity index (χ4n) is 2.45. The lowest BCUT2D eigenvalue weighted by Gasteiger charge is -2.06. The zero-order valence-electron chi connectivity index (χ0n) is 13.3. The maximum atomic E-state index is 12.4. The molecule has 23 heavy (non-hydrogen) atoms. The number of unbranched alkanes of at least 4 members (excludes halogenated alkanes) is 2. The molecule has 0 aliphatic rings. The van der Waals surface area contributed by atoms with E-state index in [1.54, 1.807) is 36.8 Å². The number of imidazole rings is 1. The van der Waals surface area contributed by atoms with E-state index >= 15 is 0 Å². The predicted octanol–water partition coefficient (Wildman–Crippen LogP) is 2.03. The molecule has 7 heteroatoms. The fraction of sp³-hybridized carbons (Fsp3) is 0.438. The quantitative estimate of drug-likeness (QED) is 0.726. The number of fused-ring (bicyclic) bond motifs is 1. The molecule has 0 aliphatic carbocycles. The first-order valence-corrected chi connectivity index (χ1v) is 7.56. The Hall–Kier alpha value is -2.57. The number of amides is 1. The summed E-state index contributed by atoms with van der Waals surface area (Å²) in [6.07, 6.45) is 4.08. The lowest BCUT2D eigenvalue weighted by atomic mass is 10.2. The SMILES string of the molecule is COc1cccn2c(C(=O)NCCCCCC(=O)O)c(C)nc12. The van der Waals surface area contributed by atoms with Crippen molar-refractivity contribution < 1.29 is 19.4 Å². The highest BCUT2D eigenvalue weighted by atomic mass is 16.5. The lowest BCUT2D eigenvalue weighted by molar-refractivity contribution is -0.137. The van der Waals surface area contributed by atoms with Crippen LogP contribution in [0, 0.1) is 6.92 Å². The molecule has 2 aromatic rings. The van der Waals surface area contributed by atoms with Crippen LogP contribution in [0.2, 0.25) is 0 Å². The third kappa shape index (κ3) is 4.00. The number of hydrogen-bond acceptors (Lipinski definition) is 4. The highest BCUT2D eigenvalue weighted by Gasteiger charge is 2.18. The van der Waals surface area contributed by atoms with Gasteiger partial charge in [-0.3, -0.25) is 14.0 Å². The van der Waals surface area contributed by atoms with Gasteiger partial charge in [0.25, 0.3) is 5.91 Å². The Morgan fingerprint density at radius 3 is 2.83 bits per heavy atom. The molecule has 2 rings (SSSR count). The van der Waals surface area contributed by atoms with E-state index < -0.39 is 5.97 Å². The second kappa shape index (κ2) is 7.62. The summed E-state index contributed by atoms with van der Waals surface area (Å²) in [6, 6.07) is 3.60. The Labute approximate surface area is 134 Å². The van der Waals surface area contributed by atoms with E-state index in [1.165, 1.54) is 0 Å². The molecule has 0 radical (unpaired) electrons.